The molecular formula is C22H34N4O4. The summed E-state index contributed by atoms with van der Waals surface area (Å²) >= 11 is 0. The first-order valence-corrected chi connectivity index (χ1v) is 10.3. The molecule has 30 heavy (non-hydrogen) atoms. The Labute approximate surface area is 178 Å². The normalized spacial score (nSPS) is 19.2. The number of aliphatic hydroxyl groups excluding tert-OH is 2. The van der Waals surface area contributed by atoms with Crippen LogP contribution in [-0.2, 0) is 4.74 Å². The molecule has 1 aliphatic rings. The number of aryl methyl sites for hydroxylation is 2. The van der Waals surface area contributed by atoms with Crippen LogP contribution in [-0.4, -0.2) is 76.1 Å². The quantitative estimate of drug-likeness (QED) is 0.695. The van der Waals surface area contributed by atoms with Crippen LogP contribution in [0.2, 0.25) is 0 Å². The predicted molar refractivity (Wildman–Crippen MR) is 116 cm³/mol. The zero-order valence-corrected chi connectivity index (χ0v) is 18.8. The summed E-state index contributed by atoms with van der Waals surface area (Å²) in [5.74, 6) is 1.53. The molecular weight excluding hydrogens is 384 g/mol. The fourth-order valence-electron chi connectivity index (χ4n) is 3.90. The zero-order chi connectivity index (χ0) is 22.1. The van der Waals surface area contributed by atoms with Crippen molar-refractivity contribution in [3.8, 4) is 11.6 Å². The molecule has 2 aromatic heterocycles. The lowest BCUT2D eigenvalue weighted by molar-refractivity contribution is -0.251. The summed E-state index contributed by atoms with van der Waals surface area (Å²) in [6, 6.07) is 5.79. The second kappa shape index (κ2) is 8.93. The van der Waals surface area contributed by atoms with Gasteiger partial charge in [-0.15, -0.1) is 0 Å². The van der Waals surface area contributed by atoms with Gasteiger partial charge in [0, 0.05) is 37.1 Å². The van der Waals surface area contributed by atoms with Crippen molar-refractivity contribution in [3.05, 3.63) is 35.8 Å². The van der Waals surface area contributed by atoms with Crippen molar-refractivity contribution in [1.82, 2.24) is 14.5 Å². The minimum atomic E-state index is -1.06. The molecule has 0 amide bonds. The van der Waals surface area contributed by atoms with Crippen LogP contribution in [0.1, 0.15) is 32.2 Å². The maximum absolute atomic E-state index is 10.5. The van der Waals surface area contributed by atoms with E-state index in [1.54, 1.807) is 12.0 Å². The highest BCUT2D eigenvalue weighted by Gasteiger charge is 2.34. The molecule has 3 heterocycles. The average Bonchev–Trinajstić information content (AvgIpc) is 3.03. The molecule has 1 aliphatic heterocycles. The molecule has 8 nitrogen and oxygen atoms in total. The van der Waals surface area contributed by atoms with Crippen LogP contribution in [0, 0.1) is 13.8 Å². The van der Waals surface area contributed by atoms with Crippen molar-refractivity contribution < 1.29 is 19.7 Å². The Kier molecular flexibility index (Phi) is 6.71. The number of methoxy groups -OCH3 is 1. The Morgan fingerprint density at radius 3 is 2.43 bits per heavy atom. The number of nitrogens with zero attached hydrogens (tertiary/aromatic N) is 4. The number of piperazine rings is 1. The number of pyridine rings is 1. The summed E-state index contributed by atoms with van der Waals surface area (Å²) in [6.07, 6.45) is 0.755. The largest absolute Gasteiger partial charge is 0.494 e. The van der Waals surface area contributed by atoms with Crippen molar-refractivity contribution in [2.45, 2.75) is 52.7 Å². The number of rotatable bonds is 6. The second-order valence-corrected chi connectivity index (χ2v) is 8.74. The van der Waals surface area contributed by atoms with Gasteiger partial charge in [0.05, 0.1) is 37.2 Å². The third kappa shape index (κ3) is 4.78. The van der Waals surface area contributed by atoms with Gasteiger partial charge >= 0.3 is 0 Å². The van der Waals surface area contributed by atoms with Crippen LogP contribution in [0.15, 0.2) is 24.4 Å². The van der Waals surface area contributed by atoms with Gasteiger partial charge in [0.1, 0.15) is 11.6 Å². The monoisotopic (exact) mass is 418 g/mol. The molecule has 1 fully saturated rings. The number of hydrogen-bond acceptors (Lipinski definition) is 7. The molecule has 2 N–H and O–H groups in total. The minimum Gasteiger partial charge on any atom is -0.494 e. The fraction of sp³-hybridized carbons (Fsp3) is 0.591. The Balaban J connectivity index is 1.81. The molecule has 2 atom stereocenters. The van der Waals surface area contributed by atoms with Crippen LogP contribution in [0.5, 0.6) is 5.75 Å². The lowest BCUT2D eigenvalue weighted by atomic mass is 10.1. The number of aliphatic hydroxyl groups is 2. The lowest BCUT2D eigenvalue weighted by Crippen LogP contribution is -2.59. The van der Waals surface area contributed by atoms with E-state index in [2.05, 4.69) is 26.6 Å². The lowest BCUT2D eigenvalue weighted by Gasteiger charge is -2.44. The molecule has 0 aromatic carbocycles. The summed E-state index contributed by atoms with van der Waals surface area (Å²) in [7, 11) is 1.65. The predicted octanol–water partition coefficient (Wildman–Crippen LogP) is 2.07. The van der Waals surface area contributed by atoms with Gasteiger partial charge < -0.3 is 29.2 Å². The number of ether oxygens (including phenoxy) is 2. The Bertz CT molecular complexity index is 842. The van der Waals surface area contributed by atoms with E-state index in [4.69, 9.17) is 9.47 Å². The average molecular weight is 419 g/mol. The van der Waals surface area contributed by atoms with E-state index in [1.807, 2.05) is 46.9 Å². The summed E-state index contributed by atoms with van der Waals surface area (Å²) in [5.41, 5.74) is 2.61. The summed E-state index contributed by atoms with van der Waals surface area (Å²) in [5, 5.41) is 20.4. The van der Waals surface area contributed by atoms with Crippen molar-refractivity contribution in [2.24, 2.45) is 0 Å². The molecule has 0 aliphatic carbocycles. The van der Waals surface area contributed by atoms with Crippen LogP contribution < -0.4 is 9.64 Å². The fourth-order valence-corrected chi connectivity index (χ4v) is 3.90. The van der Waals surface area contributed by atoms with E-state index < -0.39 is 12.0 Å². The number of anilines is 1. The van der Waals surface area contributed by atoms with E-state index in [0.29, 0.717) is 19.6 Å². The highest BCUT2D eigenvalue weighted by atomic mass is 16.6. The van der Waals surface area contributed by atoms with Crippen LogP contribution >= 0.6 is 0 Å². The van der Waals surface area contributed by atoms with Crippen LogP contribution in [0.25, 0.3) is 5.82 Å². The second-order valence-electron chi connectivity index (χ2n) is 8.74. The van der Waals surface area contributed by atoms with E-state index in [1.165, 1.54) is 0 Å². The van der Waals surface area contributed by atoms with E-state index in [-0.39, 0.29) is 12.6 Å². The van der Waals surface area contributed by atoms with Gasteiger partial charge in [-0.25, -0.2) is 9.88 Å². The van der Waals surface area contributed by atoms with Crippen LogP contribution in [0.3, 0.4) is 0 Å². The molecule has 8 heteroatoms. The van der Waals surface area contributed by atoms with Gasteiger partial charge in [0.15, 0.2) is 0 Å². The maximum Gasteiger partial charge on any atom is 0.217 e. The SMILES string of the molecule is COc1cc(-n2c(C)ccc2C)ncc1N1CCN(C(O)OC(C)(C)C)[C@@H](CO)C1. The van der Waals surface area contributed by atoms with Gasteiger partial charge in [-0.05, 0) is 46.8 Å². The van der Waals surface area contributed by atoms with Gasteiger partial charge in [0.2, 0.25) is 6.41 Å². The number of aromatic nitrogens is 2. The van der Waals surface area contributed by atoms with Crippen molar-refractivity contribution in [3.63, 3.8) is 0 Å². The minimum absolute atomic E-state index is 0.0867. The summed E-state index contributed by atoms with van der Waals surface area (Å²) in [6.45, 7) is 11.4. The van der Waals surface area contributed by atoms with Crippen molar-refractivity contribution in [2.75, 3.05) is 38.3 Å². The molecule has 1 saturated heterocycles. The third-order valence-corrected chi connectivity index (χ3v) is 5.37. The molecule has 2 aromatic rings. The van der Waals surface area contributed by atoms with E-state index in [9.17, 15) is 10.2 Å². The summed E-state index contributed by atoms with van der Waals surface area (Å²) < 4.78 is 13.5. The first-order chi connectivity index (χ1) is 14.1. The van der Waals surface area contributed by atoms with Gasteiger partial charge in [0.25, 0.3) is 0 Å². The van der Waals surface area contributed by atoms with Gasteiger partial charge in [-0.1, -0.05) is 0 Å². The maximum atomic E-state index is 10.5. The van der Waals surface area contributed by atoms with Gasteiger partial charge in [-0.3, -0.25) is 0 Å². The highest BCUT2D eigenvalue weighted by Crippen LogP contribution is 2.32. The molecule has 166 valence electrons. The Morgan fingerprint density at radius 1 is 1.20 bits per heavy atom. The zero-order valence-electron chi connectivity index (χ0n) is 18.8. The van der Waals surface area contributed by atoms with E-state index in [0.717, 1.165) is 28.6 Å². The Hall–Kier alpha value is -2.13. The van der Waals surface area contributed by atoms with E-state index >= 15 is 0 Å². The molecule has 0 bridgehead atoms. The topological polar surface area (TPSA) is 83.2 Å². The standard InChI is InChI=1S/C22H34N4O4/c1-15-7-8-16(2)26(15)20-11-19(29-6)18(12-23-20)24-9-10-25(17(13-24)14-27)21(28)30-22(3,4)5/h7-8,11-12,17,21,27-28H,9-10,13-14H2,1-6H3/t17-,21?/m1/s1. The molecule has 0 radical (unpaired) electrons. The third-order valence-electron chi connectivity index (χ3n) is 5.37. The van der Waals surface area contributed by atoms with Crippen molar-refractivity contribution in [1.29, 1.82) is 0 Å². The first-order valence-electron chi connectivity index (χ1n) is 10.3. The first kappa shape index (κ1) is 22.6. The highest BCUT2D eigenvalue weighted by molar-refractivity contribution is 5.60. The molecule has 0 saturated carbocycles. The van der Waals surface area contributed by atoms with Crippen molar-refractivity contribution >= 4 is 5.69 Å². The molecule has 0 spiro atoms. The summed E-state index contributed by atoms with van der Waals surface area (Å²) in [4.78, 5) is 8.60. The van der Waals surface area contributed by atoms with Gasteiger partial charge in [-0.2, -0.15) is 0 Å². The molecule has 1 unspecified atom stereocenters. The molecule has 3 rings (SSSR count). The smallest absolute Gasteiger partial charge is 0.217 e. The van der Waals surface area contributed by atoms with Crippen LogP contribution in [0.4, 0.5) is 5.69 Å². The Morgan fingerprint density at radius 2 is 1.87 bits per heavy atom. The number of hydrogen-bond donors (Lipinski definition) is 2.